The van der Waals surface area contributed by atoms with Gasteiger partial charge in [0.05, 0.1) is 16.2 Å². The van der Waals surface area contributed by atoms with Crippen molar-refractivity contribution >= 4 is 34.3 Å². The molecule has 0 aliphatic heterocycles. The van der Waals surface area contributed by atoms with Gasteiger partial charge in [-0.2, -0.15) is 0 Å². The van der Waals surface area contributed by atoms with Crippen molar-refractivity contribution < 1.29 is 4.79 Å². The number of nitrogens with zero attached hydrogens (tertiary/aromatic N) is 2. The van der Waals surface area contributed by atoms with Crippen LogP contribution in [0.4, 0.5) is 5.69 Å². The lowest BCUT2D eigenvalue weighted by atomic mass is 10.1. The average molecular weight is 410 g/mol. The second-order valence-corrected chi connectivity index (χ2v) is 8.45. The minimum atomic E-state index is -0.399. The van der Waals surface area contributed by atoms with Crippen LogP contribution in [0.3, 0.4) is 0 Å². The molecule has 1 amide bonds. The van der Waals surface area contributed by atoms with Gasteiger partial charge in [-0.3, -0.25) is 14.2 Å². The number of amides is 1. The van der Waals surface area contributed by atoms with Crippen molar-refractivity contribution in [2.24, 2.45) is 0 Å². The standard InChI is InChI=1S/C23H27N3O2S/c1-5-15(3)26-22(28)19-9-7-8-10-20(19)25-23(26)29-16(4)21(27)24-18-13-11-17(6-2)12-14-18/h7-16H,5-6H2,1-4H3,(H,24,27)/t15-,16-/m0/s1. The number of fused-ring (bicyclic) bond motifs is 1. The Morgan fingerprint density at radius 1 is 1.10 bits per heavy atom. The SMILES string of the molecule is CCc1ccc(NC(=O)[C@H](C)Sc2nc3ccccc3c(=O)n2[C@@H](C)CC)cc1. The molecule has 0 bridgehead atoms. The topological polar surface area (TPSA) is 64.0 Å². The van der Waals surface area contributed by atoms with Gasteiger partial charge < -0.3 is 5.32 Å². The predicted molar refractivity (Wildman–Crippen MR) is 121 cm³/mol. The monoisotopic (exact) mass is 409 g/mol. The van der Waals surface area contributed by atoms with Crippen molar-refractivity contribution in [3.05, 3.63) is 64.4 Å². The van der Waals surface area contributed by atoms with Crippen LogP contribution in [0.5, 0.6) is 0 Å². The molecule has 2 atom stereocenters. The normalized spacial score (nSPS) is 13.2. The van der Waals surface area contributed by atoms with Crippen LogP contribution in [-0.4, -0.2) is 20.7 Å². The largest absolute Gasteiger partial charge is 0.325 e. The third kappa shape index (κ3) is 4.70. The molecule has 0 unspecified atom stereocenters. The molecular weight excluding hydrogens is 382 g/mol. The summed E-state index contributed by atoms with van der Waals surface area (Å²) < 4.78 is 1.72. The highest BCUT2D eigenvalue weighted by molar-refractivity contribution is 8.00. The molecule has 152 valence electrons. The van der Waals surface area contributed by atoms with Crippen LogP contribution in [0, 0.1) is 0 Å². The summed E-state index contributed by atoms with van der Waals surface area (Å²) >= 11 is 1.32. The fourth-order valence-corrected chi connectivity index (χ4v) is 4.07. The zero-order chi connectivity index (χ0) is 21.0. The van der Waals surface area contributed by atoms with E-state index in [0.717, 1.165) is 18.5 Å². The van der Waals surface area contributed by atoms with Gasteiger partial charge in [-0.1, -0.05) is 49.9 Å². The van der Waals surface area contributed by atoms with Crippen LogP contribution in [0.25, 0.3) is 10.9 Å². The molecule has 6 heteroatoms. The molecule has 5 nitrogen and oxygen atoms in total. The van der Waals surface area contributed by atoms with Gasteiger partial charge in [-0.05, 0) is 56.5 Å². The van der Waals surface area contributed by atoms with Gasteiger partial charge in [0.2, 0.25) is 5.91 Å². The summed E-state index contributed by atoms with van der Waals surface area (Å²) in [5.41, 5.74) is 2.59. The molecule has 0 spiro atoms. The number of para-hydroxylation sites is 1. The first-order valence-corrected chi connectivity index (χ1v) is 10.9. The highest BCUT2D eigenvalue weighted by Gasteiger charge is 2.21. The van der Waals surface area contributed by atoms with E-state index in [1.54, 1.807) is 10.6 Å². The maximum atomic E-state index is 13.1. The van der Waals surface area contributed by atoms with Crippen LogP contribution in [0.1, 0.15) is 45.7 Å². The maximum Gasteiger partial charge on any atom is 0.262 e. The Morgan fingerprint density at radius 2 is 1.79 bits per heavy atom. The molecule has 0 aliphatic rings. The lowest BCUT2D eigenvalue weighted by Gasteiger charge is -2.20. The van der Waals surface area contributed by atoms with Crippen LogP contribution < -0.4 is 10.9 Å². The highest BCUT2D eigenvalue weighted by atomic mass is 32.2. The van der Waals surface area contributed by atoms with Crippen molar-refractivity contribution in [1.29, 1.82) is 0 Å². The first-order chi connectivity index (χ1) is 13.9. The molecule has 0 saturated heterocycles. The van der Waals surface area contributed by atoms with Gasteiger partial charge in [0.15, 0.2) is 5.16 Å². The Balaban J connectivity index is 1.87. The smallest absolute Gasteiger partial charge is 0.262 e. The molecule has 1 aromatic heterocycles. The number of aryl methyl sites for hydroxylation is 1. The van der Waals surface area contributed by atoms with E-state index in [9.17, 15) is 9.59 Å². The number of aromatic nitrogens is 2. The van der Waals surface area contributed by atoms with Crippen molar-refractivity contribution in [3.63, 3.8) is 0 Å². The van der Waals surface area contributed by atoms with Gasteiger partial charge in [0.25, 0.3) is 5.56 Å². The summed E-state index contributed by atoms with van der Waals surface area (Å²) in [5.74, 6) is -0.114. The fourth-order valence-electron chi connectivity index (χ4n) is 3.06. The predicted octanol–water partition coefficient (Wildman–Crippen LogP) is 5.05. The number of thioether (sulfide) groups is 1. The second-order valence-electron chi connectivity index (χ2n) is 7.14. The Labute approximate surface area is 175 Å². The molecule has 2 aromatic carbocycles. The number of rotatable bonds is 7. The van der Waals surface area contributed by atoms with Crippen molar-refractivity contribution in [2.75, 3.05) is 5.32 Å². The first-order valence-electron chi connectivity index (χ1n) is 10.0. The lowest BCUT2D eigenvalue weighted by molar-refractivity contribution is -0.115. The van der Waals surface area contributed by atoms with Crippen molar-refractivity contribution in [3.8, 4) is 0 Å². The molecule has 0 aliphatic carbocycles. The Kier molecular flexibility index (Phi) is 6.75. The number of hydrogen-bond donors (Lipinski definition) is 1. The van der Waals surface area contributed by atoms with Gasteiger partial charge >= 0.3 is 0 Å². The Hall–Kier alpha value is -2.60. The molecule has 29 heavy (non-hydrogen) atoms. The molecule has 3 aromatic rings. The highest BCUT2D eigenvalue weighted by Crippen LogP contribution is 2.26. The van der Waals surface area contributed by atoms with Crippen LogP contribution in [-0.2, 0) is 11.2 Å². The Morgan fingerprint density at radius 3 is 2.45 bits per heavy atom. The molecule has 1 N–H and O–H groups in total. The van der Waals surface area contributed by atoms with E-state index < -0.39 is 5.25 Å². The minimum Gasteiger partial charge on any atom is -0.325 e. The molecule has 0 radical (unpaired) electrons. The van der Waals surface area contributed by atoms with E-state index in [4.69, 9.17) is 4.98 Å². The molecular formula is C23H27N3O2S. The third-order valence-electron chi connectivity index (χ3n) is 5.09. The van der Waals surface area contributed by atoms with Crippen molar-refractivity contribution in [1.82, 2.24) is 9.55 Å². The van der Waals surface area contributed by atoms with Crippen LogP contribution in [0.2, 0.25) is 0 Å². The Bertz CT molecular complexity index is 1060. The summed E-state index contributed by atoms with van der Waals surface area (Å²) in [7, 11) is 0. The third-order valence-corrected chi connectivity index (χ3v) is 6.15. The second kappa shape index (κ2) is 9.27. The van der Waals surface area contributed by atoms with E-state index in [1.165, 1.54) is 17.3 Å². The average Bonchev–Trinajstić information content (AvgIpc) is 2.74. The quantitative estimate of drug-likeness (QED) is 0.438. The maximum absolute atomic E-state index is 13.1. The fraction of sp³-hybridized carbons (Fsp3) is 0.348. The summed E-state index contributed by atoms with van der Waals surface area (Å²) in [5, 5.41) is 3.73. The van der Waals surface area contributed by atoms with Gasteiger partial charge in [-0.15, -0.1) is 0 Å². The number of benzene rings is 2. The summed E-state index contributed by atoms with van der Waals surface area (Å²) in [6, 6.07) is 15.2. The lowest BCUT2D eigenvalue weighted by Crippen LogP contribution is -2.28. The first kappa shape index (κ1) is 21.1. The zero-order valence-electron chi connectivity index (χ0n) is 17.3. The molecule has 0 saturated carbocycles. The summed E-state index contributed by atoms with van der Waals surface area (Å²) in [4.78, 5) is 30.5. The van der Waals surface area contributed by atoms with Crippen molar-refractivity contribution in [2.45, 2.75) is 57.0 Å². The van der Waals surface area contributed by atoms with E-state index in [-0.39, 0.29) is 17.5 Å². The van der Waals surface area contributed by atoms with E-state index in [0.29, 0.717) is 16.1 Å². The summed E-state index contributed by atoms with van der Waals surface area (Å²) in [6.45, 7) is 7.97. The number of anilines is 1. The van der Waals surface area contributed by atoms with Gasteiger partial charge in [-0.25, -0.2) is 4.98 Å². The minimum absolute atomic E-state index is 0.000967. The van der Waals surface area contributed by atoms with E-state index >= 15 is 0 Å². The van der Waals surface area contributed by atoms with Gasteiger partial charge in [0, 0.05) is 11.7 Å². The van der Waals surface area contributed by atoms with E-state index in [1.807, 2.05) is 63.2 Å². The number of hydrogen-bond acceptors (Lipinski definition) is 4. The molecule has 3 rings (SSSR count). The summed E-state index contributed by atoms with van der Waals surface area (Å²) in [6.07, 6.45) is 1.76. The number of carbonyl (C=O) groups is 1. The number of carbonyl (C=O) groups excluding carboxylic acids is 1. The molecule has 1 heterocycles. The van der Waals surface area contributed by atoms with E-state index in [2.05, 4.69) is 12.2 Å². The van der Waals surface area contributed by atoms with Gasteiger partial charge in [0.1, 0.15) is 0 Å². The molecule has 0 fully saturated rings. The van der Waals surface area contributed by atoms with Crippen LogP contribution in [0.15, 0.2) is 58.5 Å². The zero-order valence-corrected chi connectivity index (χ0v) is 18.1. The number of nitrogens with one attached hydrogen (secondary N) is 1. The van der Waals surface area contributed by atoms with Crippen LogP contribution >= 0.6 is 11.8 Å².